The fraction of sp³-hybridized carbons (Fsp3) is 0.333. The van der Waals surface area contributed by atoms with Gasteiger partial charge < -0.3 is 10.4 Å². The Morgan fingerprint density at radius 1 is 1.55 bits per heavy atom. The van der Waals surface area contributed by atoms with E-state index in [4.69, 9.17) is 5.11 Å². The molecule has 2 heterocycles. The lowest BCUT2D eigenvalue weighted by Gasteiger charge is -2.24. The molecule has 20 heavy (non-hydrogen) atoms. The summed E-state index contributed by atoms with van der Waals surface area (Å²) in [4.78, 5) is 39.8. The van der Waals surface area contributed by atoms with E-state index in [0.717, 1.165) is 0 Å². The van der Waals surface area contributed by atoms with Gasteiger partial charge in [0, 0.05) is 17.8 Å². The zero-order valence-electron chi connectivity index (χ0n) is 10.9. The van der Waals surface area contributed by atoms with Gasteiger partial charge in [0.2, 0.25) is 0 Å². The third kappa shape index (κ3) is 2.29. The molecule has 106 valence electrons. The molecule has 8 heteroatoms. The Morgan fingerprint density at radius 3 is 2.85 bits per heavy atom. The number of carbonyl (C=O) groups is 2. The van der Waals surface area contributed by atoms with Gasteiger partial charge >= 0.3 is 5.97 Å². The number of hydrogen-bond acceptors (Lipinski definition) is 5. The minimum Gasteiger partial charge on any atom is -0.480 e. The van der Waals surface area contributed by atoms with Crippen LogP contribution in [0.3, 0.4) is 0 Å². The number of rotatable bonds is 4. The zero-order valence-corrected chi connectivity index (χ0v) is 11.7. The summed E-state index contributed by atoms with van der Waals surface area (Å²) in [7, 11) is 0. The normalized spacial score (nSPS) is 13.9. The van der Waals surface area contributed by atoms with Gasteiger partial charge in [-0.1, -0.05) is 6.92 Å². The van der Waals surface area contributed by atoms with E-state index in [1.807, 2.05) is 0 Å². The fourth-order valence-corrected chi connectivity index (χ4v) is 2.27. The van der Waals surface area contributed by atoms with Crippen LogP contribution >= 0.6 is 11.3 Å². The number of aromatic nitrogens is 2. The standard InChI is InChI=1S/C12H13N3O4S/c1-3-12(2,10(18)19)14-8(16)7-6-13-11-15(9(7)17)4-5-20-11/h4-6H,3H2,1-2H3,(H,14,16)(H,18,19). The molecule has 2 aromatic rings. The average molecular weight is 295 g/mol. The summed E-state index contributed by atoms with van der Waals surface area (Å²) in [6.45, 7) is 3.03. The number of hydrogen-bond donors (Lipinski definition) is 2. The van der Waals surface area contributed by atoms with Crippen LogP contribution in [0.4, 0.5) is 0 Å². The van der Waals surface area contributed by atoms with Crippen molar-refractivity contribution in [2.75, 3.05) is 0 Å². The van der Waals surface area contributed by atoms with Gasteiger partial charge in [0.1, 0.15) is 11.1 Å². The van der Waals surface area contributed by atoms with Crippen molar-refractivity contribution in [2.24, 2.45) is 0 Å². The Hall–Kier alpha value is -2.22. The van der Waals surface area contributed by atoms with E-state index in [1.54, 1.807) is 12.3 Å². The molecule has 0 saturated carbocycles. The minimum atomic E-state index is -1.42. The van der Waals surface area contributed by atoms with Gasteiger partial charge in [0.05, 0.1) is 0 Å². The van der Waals surface area contributed by atoms with E-state index in [-0.39, 0.29) is 12.0 Å². The summed E-state index contributed by atoms with van der Waals surface area (Å²) in [5.74, 6) is -1.90. The molecule has 0 spiro atoms. The van der Waals surface area contributed by atoms with E-state index in [2.05, 4.69) is 10.3 Å². The quantitative estimate of drug-likeness (QED) is 0.866. The maximum absolute atomic E-state index is 12.1. The average Bonchev–Trinajstić information content (AvgIpc) is 2.87. The number of carboxylic acids is 1. The van der Waals surface area contributed by atoms with E-state index < -0.39 is 23.0 Å². The lowest BCUT2D eigenvalue weighted by atomic mass is 9.99. The number of aliphatic carboxylic acids is 1. The van der Waals surface area contributed by atoms with Crippen LogP contribution in [0.5, 0.6) is 0 Å². The van der Waals surface area contributed by atoms with Crippen LogP contribution in [0.1, 0.15) is 30.6 Å². The first-order valence-corrected chi connectivity index (χ1v) is 6.78. The van der Waals surface area contributed by atoms with Crippen LogP contribution in [-0.2, 0) is 4.79 Å². The zero-order chi connectivity index (χ0) is 14.9. The second-order valence-corrected chi connectivity index (χ2v) is 5.35. The number of nitrogens with zero attached hydrogens (tertiary/aromatic N) is 2. The third-order valence-electron chi connectivity index (χ3n) is 3.16. The number of nitrogens with one attached hydrogen (secondary N) is 1. The smallest absolute Gasteiger partial charge is 0.329 e. The highest BCUT2D eigenvalue weighted by Gasteiger charge is 2.33. The molecule has 1 unspecified atom stereocenters. The van der Waals surface area contributed by atoms with Crippen molar-refractivity contribution in [2.45, 2.75) is 25.8 Å². The molecular weight excluding hydrogens is 282 g/mol. The van der Waals surface area contributed by atoms with Gasteiger partial charge in [-0.3, -0.25) is 14.0 Å². The Kier molecular flexibility index (Phi) is 3.58. The first kappa shape index (κ1) is 14.2. The molecule has 0 aliphatic heterocycles. The molecule has 0 saturated heterocycles. The Morgan fingerprint density at radius 2 is 2.25 bits per heavy atom. The van der Waals surface area contributed by atoms with E-state index >= 15 is 0 Å². The van der Waals surface area contributed by atoms with Crippen LogP contribution in [0.25, 0.3) is 4.96 Å². The van der Waals surface area contributed by atoms with Gasteiger partial charge in [-0.15, -0.1) is 11.3 Å². The molecule has 0 bridgehead atoms. The molecule has 1 atom stereocenters. The summed E-state index contributed by atoms with van der Waals surface area (Å²) in [6.07, 6.45) is 2.88. The summed E-state index contributed by atoms with van der Waals surface area (Å²) in [5.41, 5.74) is -2.11. The molecule has 2 N–H and O–H groups in total. The number of fused-ring (bicyclic) bond motifs is 1. The SMILES string of the molecule is CCC(C)(NC(=O)c1cnc2sccn2c1=O)C(=O)O. The van der Waals surface area contributed by atoms with Crippen LogP contribution < -0.4 is 10.9 Å². The van der Waals surface area contributed by atoms with Crippen LogP contribution in [0.15, 0.2) is 22.6 Å². The lowest BCUT2D eigenvalue weighted by Crippen LogP contribution is -2.52. The third-order valence-corrected chi connectivity index (χ3v) is 3.93. The van der Waals surface area contributed by atoms with Crippen molar-refractivity contribution < 1.29 is 14.7 Å². The van der Waals surface area contributed by atoms with Crippen molar-refractivity contribution in [3.63, 3.8) is 0 Å². The maximum Gasteiger partial charge on any atom is 0.329 e. The van der Waals surface area contributed by atoms with Crippen molar-refractivity contribution in [1.82, 2.24) is 14.7 Å². The van der Waals surface area contributed by atoms with Crippen molar-refractivity contribution in [1.29, 1.82) is 0 Å². The predicted molar refractivity (Wildman–Crippen MR) is 73.1 cm³/mol. The second-order valence-electron chi connectivity index (χ2n) is 4.48. The predicted octanol–water partition coefficient (Wildman–Crippen LogP) is 0.739. The molecule has 0 aromatic carbocycles. The number of amides is 1. The van der Waals surface area contributed by atoms with Gasteiger partial charge in [0.25, 0.3) is 11.5 Å². The molecule has 0 fully saturated rings. The monoisotopic (exact) mass is 295 g/mol. The van der Waals surface area contributed by atoms with Crippen LogP contribution in [0, 0.1) is 0 Å². The molecule has 1 amide bonds. The molecule has 2 aromatic heterocycles. The van der Waals surface area contributed by atoms with Gasteiger partial charge in [-0.2, -0.15) is 0 Å². The number of carbonyl (C=O) groups excluding carboxylic acids is 1. The first-order chi connectivity index (χ1) is 9.39. The van der Waals surface area contributed by atoms with Crippen LogP contribution in [-0.4, -0.2) is 31.9 Å². The largest absolute Gasteiger partial charge is 0.480 e. The minimum absolute atomic E-state index is 0.179. The van der Waals surface area contributed by atoms with E-state index in [9.17, 15) is 14.4 Å². The molecule has 0 aliphatic carbocycles. The first-order valence-electron chi connectivity index (χ1n) is 5.90. The summed E-state index contributed by atoms with van der Waals surface area (Å²) < 4.78 is 1.25. The van der Waals surface area contributed by atoms with Crippen LogP contribution in [0.2, 0.25) is 0 Å². The molecule has 2 rings (SSSR count). The Labute approximate surface area is 117 Å². The van der Waals surface area contributed by atoms with Crippen molar-refractivity contribution in [3.05, 3.63) is 33.7 Å². The molecule has 7 nitrogen and oxygen atoms in total. The molecule has 0 radical (unpaired) electrons. The fourth-order valence-electron chi connectivity index (χ4n) is 1.59. The molecule has 0 aliphatic rings. The highest BCUT2D eigenvalue weighted by atomic mass is 32.1. The van der Waals surface area contributed by atoms with Gasteiger partial charge in [-0.05, 0) is 13.3 Å². The van der Waals surface area contributed by atoms with Gasteiger partial charge in [-0.25, -0.2) is 9.78 Å². The molecular formula is C12H13N3O4S. The highest BCUT2D eigenvalue weighted by molar-refractivity contribution is 7.15. The van der Waals surface area contributed by atoms with Crippen molar-refractivity contribution in [3.8, 4) is 0 Å². The number of thiazole rings is 1. The lowest BCUT2D eigenvalue weighted by molar-refractivity contribution is -0.143. The second kappa shape index (κ2) is 5.04. The summed E-state index contributed by atoms with van der Waals surface area (Å²) in [5, 5.41) is 13.2. The maximum atomic E-state index is 12.1. The summed E-state index contributed by atoms with van der Waals surface area (Å²) >= 11 is 1.27. The summed E-state index contributed by atoms with van der Waals surface area (Å²) in [6, 6.07) is 0. The highest BCUT2D eigenvalue weighted by Crippen LogP contribution is 2.11. The Balaban J connectivity index is 2.39. The van der Waals surface area contributed by atoms with E-state index in [1.165, 1.54) is 35.1 Å². The van der Waals surface area contributed by atoms with E-state index in [0.29, 0.717) is 4.96 Å². The number of carboxylic acid groups (broad SMARTS) is 1. The van der Waals surface area contributed by atoms with Crippen molar-refractivity contribution >= 4 is 28.2 Å². The topological polar surface area (TPSA) is 101 Å². The van der Waals surface area contributed by atoms with Gasteiger partial charge in [0.15, 0.2) is 4.96 Å². The Bertz CT molecular complexity index is 736.